The van der Waals surface area contributed by atoms with Crippen molar-refractivity contribution in [3.63, 3.8) is 0 Å². The molecular weight excluding hydrogens is 560 g/mol. The molecule has 5 aliphatic carbocycles. The van der Waals surface area contributed by atoms with Gasteiger partial charge in [0.25, 0.3) is 0 Å². The van der Waals surface area contributed by atoms with Gasteiger partial charge in [0.2, 0.25) is 0 Å². The van der Waals surface area contributed by atoms with Gasteiger partial charge in [-0.3, -0.25) is 4.79 Å². The number of fused-ring (bicyclic) bond motifs is 7. The Morgan fingerprint density at radius 1 is 0.911 bits per heavy atom. The minimum absolute atomic E-state index is 0.105. The van der Waals surface area contributed by atoms with Crippen LogP contribution in [0.25, 0.3) is 6.08 Å². The molecule has 0 saturated heterocycles. The molecule has 1 aromatic rings. The molecule has 2 N–H and O–H groups in total. The van der Waals surface area contributed by atoms with Gasteiger partial charge in [0, 0.05) is 11.5 Å². The number of aryl methyl sites for hydroxylation is 1. The molecule has 0 amide bonds. The summed E-state index contributed by atoms with van der Waals surface area (Å²) in [6, 6.07) is 5.41. The molecule has 5 aliphatic rings. The van der Waals surface area contributed by atoms with Crippen molar-refractivity contribution in [2.45, 2.75) is 119 Å². The maximum absolute atomic E-state index is 13.1. The van der Waals surface area contributed by atoms with Crippen molar-refractivity contribution in [2.75, 3.05) is 0 Å². The van der Waals surface area contributed by atoms with E-state index in [4.69, 9.17) is 4.74 Å². The molecule has 0 spiro atoms. The predicted octanol–water partition coefficient (Wildman–Crippen LogP) is 9.37. The van der Waals surface area contributed by atoms with Gasteiger partial charge in [0.05, 0.1) is 5.41 Å². The molecule has 1 unspecified atom stereocenters. The second kappa shape index (κ2) is 10.7. The van der Waals surface area contributed by atoms with E-state index in [0.717, 1.165) is 75.3 Å². The van der Waals surface area contributed by atoms with Crippen molar-refractivity contribution in [1.29, 1.82) is 0 Å². The van der Waals surface area contributed by atoms with Gasteiger partial charge in [-0.15, -0.1) is 0 Å². The van der Waals surface area contributed by atoms with Crippen LogP contribution in [0.1, 0.15) is 117 Å². The molecular formula is C40H56O5. The Kier molecular flexibility index (Phi) is 7.73. The van der Waals surface area contributed by atoms with Crippen LogP contribution >= 0.6 is 0 Å². The number of benzene rings is 1. The van der Waals surface area contributed by atoms with Gasteiger partial charge in [0.15, 0.2) is 0 Å². The lowest BCUT2D eigenvalue weighted by atomic mass is 9.32. The fraction of sp³-hybridized carbons (Fsp3) is 0.700. The van der Waals surface area contributed by atoms with E-state index in [0.29, 0.717) is 23.7 Å². The highest BCUT2D eigenvalue weighted by Gasteiger charge is 2.72. The van der Waals surface area contributed by atoms with Gasteiger partial charge >= 0.3 is 11.9 Å². The van der Waals surface area contributed by atoms with Crippen LogP contribution in [0.15, 0.2) is 36.4 Å². The third-order valence-electron chi connectivity index (χ3n) is 15.3. The molecule has 0 aliphatic heterocycles. The molecule has 5 fully saturated rings. The summed E-state index contributed by atoms with van der Waals surface area (Å²) in [5.41, 5.74) is 2.42. The van der Waals surface area contributed by atoms with Crippen molar-refractivity contribution in [3.8, 4) is 5.75 Å². The number of phenolic OH excluding ortho intramolecular Hbond substituents is 1. The van der Waals surface area contributed by atoms with Crippen LogP contribution in [-0.2, 0) is 14.3 Å². The van der Waals surface area contributed by atoms with Crippen molar-refractivity contribution in [2.24, 2.45) is 56.7 Å². The molecule has 0 heterocycles. The Bertz CT molecular complexity index is 1420. The van der Waals surface area contributed by atoms with Crippen molar-refractivity contribution in [3.05, 3.63) is 47.6 Å². The van der Waals surface area contributed by atoms with Crippen LogP contribution < -0.4 is 0 Å². The van der Waals surface area contributed by atoms with Crippen molar-refractivity contribution >= 4 is 18.0 Å². The highest BCUT2D eigenvalue weighted by atomic mass is 16.5. The van der Waals surface area contributed by atoms with Crippen LogP contribution in [0.2, 0.25) is 0 Å². The monoisotopic (exact) mass is 616 g/mol. The highest BCUT2D eigenvalue weighted by Crippen LogP contribution is 2.77. The van der Waals surface area contributed by atoms with Gasteiger partial charge in [-0.2, -0.15) is 0 Å². The second-order valence-electron chi connectivity index (χ2n) is 17.3. The largest absolute Gasteiger partial charge is 0.508 e. The Balaban J connectivity index is 1.23. The van der Waals surface area contributed by atoms with Gasteiger partial charge in [-0.1, -0.05) is 58.9 Å². The Morgan fingerprint density at radius 2 is 1.64 bits per heavy atom. The third kappa shape index (κ3) is 4.60. The third-order valence-corrected chi connectivity index (χ3v) is 15.3. The summed E-state index contributed by atoms with van der Waals surface area (Å²) in [6.07, 6.45) is 13.1. The van der Waals surface area contributed by atoms with Crippen LogP contribution in [0.5, 0.6) is 5.75 Å². The summed E-state index contributed by atoms with van der Waals surface area (Å²) in [5.74, 6) is 1.27. The minimum Gasteiger partial charge on any atom is -0.508 e. The normalized spacial score (nSPS) is 43.4. The van der Waals surface area contributed by atoms with E-state index < -0.39 is 11.4 Å². The van der Waals surface area contributed by atoms with E-state index >= 15 is 0 Å². The first-order valence-electron chi connectivity index (χ1n) is 17.6. The molecule has 0 bridgehead atoms. The fourth-order valence-corrected chi connectivity index (χ4v) is 12.8. The number of carbonyl (C=O) groups is 2. The number of aliphatic carboxylic acids is 1. The number of hydrogen-bond donors (Lipinski definition) is 2. The van der Waals surface area contributed by atoms with E-state index in [1.54, 1.807) is 12.1 Å². The van der Waals surface area contributed by atoms with E-state index in [1.165, 1.54) is 11.6 Å². The number of hydrogen-bond acceptors (Lipinski definition) is 4. The Labute approximate surface area is 270 Å². The van der Waals surface area contributed by atoms with Crippen LogP contribution in [0.3, 0.4) is 0 Å². The molecule has 45 heavy (non-hydrogen) atoms. The number of rotatable bonds is 5. The molecule has 5 saturated carbocycles. The number of carbonyl (C=O) groups excluding carboxylic acids is 1. The standard InChI is InChI=1S/C40H56O5/c1-24(2)27-15-20-40(35(43)44)22-21-38(7)28(34(27)40)12-13-31-37(6)18-17-32(36(4,5)30(37)16-19-39(31,38)8)45-33(42)14-11-26-10-9-25(3)29(41)23-26/h9-11,14,23,27-28,30-32,34,41H,1,12-13,15-22H2,2-8H3,(H,43,44)/b14-11+/t27-,28+,30-,31+,32-,34?,37-,38+,39+,40-/m0/s1. The summed E-state index contributed by atoms with van der Waals surface area (Å²) in [6.45, 7) is 20.7. The first-order valence-corrected chi connectivity index (χ1v) is 17.6. The molecule has 5 nitrogen and oxygen atoms in total. The number of carboxylic acids is 1. The first-order chi connectivity index (χ1) is 21.0. The quantitative estimate of drug-likeness (QED) is 0.196. The molecule has 5 heteroatoms. The number of allylic oxidation sites excluding steroid dienone is 1. The molecule has 10 atom stereocenters. The number of carboxylic acid groups (broad SMARTS) is 1. The minimum atomic E-state index is -0.587. The zero-order valence-electron chi connectivity index (χ0n) is 28.7. The molecule has 246 valence electrons. The van der Waals surface area contributed by atoms with Crippen LogP contribution in [0.4, 0.5) is 0 Å². The van der Waals surface area contributed by atoms with E-state index in [-0.39, 0.29) is 45.4 Å². The topological polar surface area (TPSA) is 83.8 Å². The zero-order chi connectivity index (χ0) is 32.7. The maximum Gasteiger partial charge on any atom is 0.331 e. The molecule has 0 radical (unpaired) electrons. The SMILES string of the molecule is C=C(C)[C@@H]1CC[C@]2(C(=O)O)CC[C@]3(C)[C@H](CC[C@@H]4[C@@]5(C)CC[C@H](OC(=O)/C=C/c6ccc(C)c(O)c6)C(C)(C)[C@@H]5CC[C@]43C)C12. The van der Waals surface area contributed by atoms with E-state index in [2.05, 4.69) is 48.1 Å². The molecule has 0 aromatic heterocycles. The Morgan fingerprint density at radius 3 is 2.31 bits per heavy atom. The summed E-state index contributed by atoms with van der Waals surface area (Å²) in [5, 5.41) is 20.7. The van der Waals surface area contributed by atoms with Gasteiger partial charge in [-0.25, -0.2) is 4.79 Å². The summed E-state index contributed by atoms with van der Waals surface area (Å²) < 4.78 is 6.21. The van der Waals surface area contributed by atoms with Crippen LogP contribution in [-0.4, -0.2) is 28.3 Å². The lowest BCUT2D eigenvalue weighted by Crippen LogP contribution is -2.67. The Hall–Kier alpha value is -2.56. The number of phenols is 1. The summed E-state index contributed by atoms with van der Waals surface area (Å²) in [7, 11) is 0. The van der Waals surface area contributed by atoms with Crippen LogP contribution in [0, 0.1) is 63.6 Å². The zero-order valence-corrected chi connectivity index (χ0v) is 28.7. The summed E-state index contributed by atoms with van der Waals surface area (Å²) >= 11 is 0. The van der Waals surface area contributed by atoms with E-state index in [9.17, 15) is 19.8 Å². The number of esters is 1. The number of ether oxygens (including phenoxy) is 1. The average molecular weight is 617 g/mol. The highest BCUT2D eigenvalue weighted by molar-refractivity contribution is 5.87. The lowest BCUT2D eigenvalue weighted by Gasteiger charge is -2.72. The lowest BCUT2D eigenvalue weighted by molar-refractivity contribution is -0.250. The number of aromatic hydroxyl groups is 1. The second-order valence-corrected chi connectivity index (χ2v) is 17.3. The van der Waals surface area contributed by atoms with Gasteiger partial charge < -0.3 is 14.9 Å². The summed E-state index contributed by atoms with van der Waals surface area (Å²) in [4.78, 5) is 26.0. The van der Waals surface area contributed by atoms with Crippen molar-refractivity contribution in [1.82, 2.24) is 0 Å². The predicted molar refractivity (Wildman–Crippen MR) is 178 cm³/mol. The first kappa shape index (κ1) is 32.4. The van der Waals surface area contributed by atoms with Gasteiger partial charge in [-0.05, 0) is 147 Å². The smallest absolute Gasteiger partial charge is 0.331 e. The van der Waals surface area contributed by atoms with Gasteiger partial charge in [0.1, 0.15) is 11.9 Å². The molecule has 1 aromatic carbocycles. The average Bonchev–Trinajstić information content (AvgIpc) is 3.37. The van der Waals surface area contributed by atoms with E-state index in [1.807, 2.05) is 19.1 Å². The van der Waals surface area contributed by atoms with Crippen molar-refractivity contribution < 1.29 is 24.5 Å². The molecule has 6 rings (SSSR count). The fourth-order valence-electron chi connectivity index (χ4n) is 12.8. The maximum atomic E-state index is 13.1.